The molecule has 1 saturated heterocycles. The molecule has 0 spiro atoms. The average molecular weight is 429 g/mol. The Morgan fingerprint density at radius 1 is 1.00 bits per heavy atom. The van der Waals surface area contributed by atoms with E-state index in [4.69, 9.17) is 9.47 Å². The lowest BCUT2D eigenvalue weighted by atomic mass is 9.94. The monoisotopic (exact) mass is 429 g/mol. The number of rotatable bonds is 4. The molecule has 0 N–H and O–H groups in total. The first-order valence-corrected chi connectivity index (χ1v) is 10.8. The number of carbonyl (C=O) groups excluding carboxylic acids is 1. The molecule has 0 atom stereocenters. The maximum atomic E-state index is 14.1. The third-order valence-corrected chi connectivity index (χ3v) is 6.06. The Kier molecular flexibility index (Phi) is 5.44. The Hall–Kier alpha value is -2.97. The van der Waals surface area contributed by atoms with Crippen molar-refractivity contribution in [3.8, 4) is 16.9 Å². The van der Waals surface area contributed by atoms with Crippen LogP contribution in [0.25, 0.3) is 21.9 Å². The number of carbonyl (C=O) groups is 1. The van der Waals surface area contributed by atoms with Crippen LogP contribution in [0.5, 0.6) is 5.75 Å². The molecule has 8 heteroatoms. The summed E-state index contributed by atoms with van der Waals surface area (Å²) in [6.45, 7) is 1.98. The number of hydrogen-bond acceptors (Lipinski definition) is 5. The van der Waals surface area contributed by atoms with E-state index in [1.165, 1.54) is 19.2 Å². The van der Waals surface area contributed by atoms with Crippen LogP contribution in [0.4, 0.5) is 3.89 Å². The summed E-state index contributed by atoms with van der Waals surface area (Å²) in [5.74, 6) is 0.102. The zero-order valence-corrected chi connectivity index (χ0v) is 17.1. The second kappa shape index (κ2) is 8.04. The van der Waals surface area contributed by atoms with Gasteiger partial charge in [0, 0.05) is 24.2 Å². The van der Waals surface area contributed by atoms with Crippen LogP contribution in [0, 0.1) is 0 Å². The van der Waals surface area contributed by atoms with Crippen LogP contribution in [0.3, 0.4) is 0 Å². The molecular formula is C22H20FNO5S. The Bertz CT molecular complexity index is 1220. The molecular weight excluding hydrogens is 409 g/mol. The van der Waals surface area contributed by atoms with E-state index < -0.39 is 15.1 Å². The predicted molar refractivity (Wildman–Crippen MR) is 111 cm³/mol. The second-order valence-corrected chi connectivity index (χ2v) is 8.20. The molecule has 0 aliphatic carbocycles. The number of ether oxygens (including phenoxy) is 2. The van der Waals surface area contributed by atoms with Crippen LogP contribution >= 0.6 is 0 Å². The lowest BCUT2D eigenvalue weighted by molar-refractivity contribution is 0.0304. The fourth-order valence-corrected chi connectivity index (χ4v) is 4.50. The molecule has 1 aliphatic rings. The molecule has 1 heterocycles. The van der Waals surface area contributed by atoms with Crippen molar-refractivity contribution in [2.45, 2.75) is 4.90 Å². The average Bonchev–Trinajstić information content (AvgIpc) is 2.77. The van der Waals surface area contributed by atoms with Gasteiger partial charge in [0.2, 0.25) is 0 Å². The van der Waals surface area contributed by atoms with Gasteiger partial charge in [-0.1, -0.05) is 36.4 Å². The highest BCUT2D eigenvalue weighted by molar-refractivity contribution is 7.86. The Morgan fingerprint density at radius 2 is 1.67 bits per heavy atom. The van der Waals surface area contributed by atoms with Crippen LogP contribution in [-0.2, 0) is 15.0 Å². The van der Waals surface area contributed by atoms with Gasteiger partial charge in [-0.25, -0.2) is 0 Å². The number of hydrogen-bond donors (Lipinski definition) is 0. The lowest BCUT2D eigenvalue weighted by Gasteiger charge is -2.27. The molecule has 0 saturated carbocycles. The normalized spacial score (nSPS) is 14.7. The molecule has 1 amide bonds. The Labute approximate surface area is 174 Å². The molecule has 156 valence electrons. The summed E-state index contributed by atoms with van der Waals surface area (Å²) in [7, 11) is -3.60. The minimum absolute atomic E-state index is 0.126. The SMILES string of the molecule is COc1cccc(S(=O)(=O)F)c1-c1cccc2c(C(=O)N3CCOCC3)cccc12. The van der Waals surface area contributed by atoms with E-state index >= 15 is 0 Å². The summed E-state index contributed by atoms with van der Waals surface area (Å²) in [5.41, 5.74) is 1.10. The van der Waals surface area contributed by atoms with Gasteiger partial charge in [0.05, 0.1) is 20.3 Å². The minimum Gasteiger partial charge on any atom is -0.496 e. The van der Waals surface area contributed by atoms with Gasteiger partial charge in [-0.15, -0.1) is 3.89 Å². The van der Waals surface area contributed by atoms with Crippen molar-refractivity contribution in [1.29, 1.82) is 0 Å². The Morgan fingerprint density at radius 3 is 2.37 bits per heavy atom. The van der Waals surface area contributed by atoms with E-state index in [1.807, 2.05) is 0 Å². The third-order valence-electron chi connectivity index (χ3n) is 5.19. The molecule has 1 aliphatic heterocycles. The van der Waals surface area contributed by atoms with Gasteiger partial charge in [-0.05, 0) is 34.5 Å². The molecule has 3 aromatic rings. The summed E-state index contributed by atoms with van der Waals surface area (Å²) in [6, 6.07) is 14.7. The number of benzene rings is 3. The molecule has 0 aromatic heterocycles. The van der Waals surface area contributed by atoms with Crippen LogP contribution in [0.2, 0.25) is 0 Å². The molecule has 4 rings (SSSR count). The quantitative estimate of drug-likeness (QED) is 0.592. The number of methoxy groups -OCH3 is 1. The fourth-order valence-electron chi connectivity index (χ4n) is 3.80. The van der Waals surface area contributed by atoms with Crippen molar-refractivity contribution in [2.24, 2.45) is 0 Å². The zero-order chi connectivity index (χ0) is 21.3. The van der Waals surface area contributed by atoms with Gasteiger partial charge in [0.25, 0.3) is 5.91 Å². The van der Waals surface area contributed by atoms with Crippen LogP contribution in [-0.4, -0.2) is 52.6 Å². The van der Waals surface area contributed by atoms with Gasteiger partial charge >= 0.3 is 10.2 Å². The molecule has 6 nitrogen and oxygen atoms in total. The molecule has 0 unspecified atom stereocenters. The first-order chi connectivity index (χ1) is 14.4. The maximum Gasteiger partial charge on any atom is 0.332 e. The highest BCUT2D eigenvalue weighted by Gasteiger charge is 2.25. The van der Waals surface area contributed by atoms with Crippen molar-refractivity contribution < 1.29 is 26.6 Å². The summed E-state index contributed by atoms with van der Waals surface area (Å²) in [5, 5.41) is 1.28. The highest BCUT2D eigenvalue weighted by atomic mass is 32.3. The van der Waals surface area contributed by atoms with Crippen molar-refractivity contribution in [1.82, 2.24) is 4.90 Å². The van der Waals surface area contributed by atoms with E-state index in [0.29, 0.717) is 48.2 Å². The molecule has 0 bridgehead atoms. The fraction of sp³-hybridized carbons (Fsp3) is 0.227. The van der Waals surface area contributed by atoms with E-state index in [1.54, 1.807) is 47.4 Å². The first kappa shape index (κ1) is 20.3. The van der Waals surface area contributed by atoms with Crippen molar-refractivity contribution in [2.75, 3.05) is 33.4 Å². The van der Waals surface area contributed by atoms with Crippen molar-refractivity contribution in [3.63, 3.8) is 0 Å². The highest BCUT2D eigenvalue weighted by Crippen LogP contribution is 2.40. The largest absolute Gasteiger partial charge is 0.496 e. The number of nitrogens with zero attached hydrogens (tertiary/aromatic N) is 1. The topological polar surface area (TPSA) is 72.9 Å². The standard InChI is InChI=1S/C22H20FNO5S/c1-28-19-9-4-10-20(30(23,26)27)21(19)17-7-2-6-16-15(17)5-3-8-18(16)22(25)24-11-13-29-14-12-24/h2-10H,11-14H2,1H3. The first-order valence-electron chi connectivity index (χ1n) is 9.42. The van der Waals surface area contributed by atoms with E-state index in [0.717, 1.165) is 0 Å². The number of halogens is 1. The van der Waals surface area contributed by atoms with Crippen molar-refractivity contribution in [3.05, 3.63) is 60.2 Å². The molecule has 0 radical (unpaired) electrons. The Balaban J connectivity index is 1.95. The number of amides is 1. The van der Waals surface area contributed by atoms with Gasteiger partial charge < -0.3 is 14.4 Å². The van der Waals surface area contributed by atoms with Gasteiger partial charge in [-0.2, -0.15) is 8.42 Å². The van der Waals surface area contributed by atoms with Crippen LogP contribution in [0.15, 0.2) is 59.5 Å². The summed E-state index contributed by atoms with van der Waals surface area (Å²) >= 11 is 0. The molecule has 3 aromatic carbocycles. The summed E-state index contributed by atoms with van der Waals surface area (Å²) < 4.78 is 48.4. The van der Waals surface area contributed by atoms with Gasteiger partial charge in [0.1, 0.15) is 10.6 Å². The summed E-state index contributed by atoms with van der Waals surface area (Å²) in [6.07, 6.45) is 0. The smallest absolute Gasteiger partial charge is 0.332 e. The minimum atomic E-state index is -5.00. The summed E-state index contributed by atoms with van der Waals surface area (Å²) in [4.78, 5) is 14.4. The third kappa shape index (κ3) is 3.64. The van der Waals surface area contributed by atoms with Crippen LogP contribution < -0.4 is 4.74 Å². The zero-order valence-electron chi connectivity index (χ0n) is 16.3. The number of fused-ring (bicyclic) bond motifs is 1. The van der Waals surface area contributed by atoms with Gasteiger partial charge in [-0.3, -0.25) is 4.79 Å². The second-order valence-electron chi connectivity index (χ2n) is 6.88. The lowest BCUT2D eigenvalue weighted by Crippen LogP contribution is -2.40. The molecule has 30 heavy (non-hydrogen) atoms. The van der Waals surface area contributed by atoms with Gasteiger partial charge in [0.15, 0.2) is 0 Å². The predicted octanol–water partition coefficient (Wildman–Crippen LogP) is 3.65. The van der Waals surface area contributed by atoms with E-state index in [-0.39, 0.29) is 17.2 Å². The maximum absolute atomic E-state index is 14.1. The molecule has 1 fully saturated rings. The van der Waals surface area contributed by atoms with E-state index in [9.17, 15) is 17.1 Å². The number of morpholine rings is 1. The van der Waals surface area contributed by atoms with E-state index in [2.05, 4.69) is 0 Å². The van der Waals surface area contributed by atoms with Crippen LogP contribution in [0.1, 0.15) is 10.4 Å². The van der Waals surface area contributed by atoms with Crippen molar-refractivity contribution >= 4 is 26.9 Å².